The van der Waals surface area contributed by atoms with E-state index < -0.39 is 0 Å². The zero-order valence-electron chi connectivity index (χ0n) is 15.5. The number of piperidine rings is 1. The lowest BCUT2D eigenvalue weighted by Crippen LogP contribution is -2.31. The summed E-state index contributed by atoms with van der Waals surface area (Å²) < 4.78 is 0.785. The Bertz CT molecular complexity index is 567. The summed E-state index contributed by atoms with van der Waals surface area (Å²) in [4.78, 5) is 16.9. The molecule has 1 aromatic carbocycles. The summed E-state index contributed by atoms with van der Waals surface area (Å²) in [5.74, 6) is -0.00905. The van der Waals surface area contributed by atoms with E-state index in [1.807, 2.05) is 19.1 Å². The van der Waals surface area contributed by atoms with E-state index >= 15 is 0 Å². The number of carbonyl (C=O) groups is 1. The van der Waals surface area contributed by atoms with Crippen LogP contribution in [-0.2, 0) is 4.79 Å². The molecule has 1 aliphatic rings. The largest absolute Gasteiger partial charge is 0.372 e. The van der Waals surface area contributed by atoms with Gasteiger partial charge in [-0.3, -0.25) is 4.79 Å². The second-order valence-corrected chi connectivity index (χ2v) is 8.26. The summed E-state index contributed by atoms with van der Waals surface area (Å²) >= 11 is 6.87. The van der Waals surface area contributed by atoms with Crippen LogP contribution in [-0.4, -0.2) is 46.6 Å². The summed E-state index contributed by atoms with van der Waals surface area (Å²) in [5, 5.41) is 2.78. The number of thioether (sulfide) groups is 1. The van der Waals surface area contributed by atoms with Gasteiger partial charge in [-0.2, -0.15) is 0 Å². The number of hydrogen-bond acceptors (Lipinski definition) is 4. The SMILES string of the molecule is CCN(CC)C(=S)S[C@H](C)C(=O)Nc1ccc(N2CCCCC2)cc1. The summed E-state index contributed by atoms with van der Waals surface area (Å²) in [5.41, 5.74) is 2.08. The molecule has 4 nitrogen and oxygen atoms in total. The van der Waals surface area contributed by atoms with Crippen molar-refractivity contribution >= 4 is 45.6 Å². The highest BCUT2D eigenvalue weighted by atomic mass is 32.2. The molecule has 138 valence electrons. The quantitative estimate of drug-likeness (QED) is 0.743. The van der Waals surface area contributed by atoms with E-state index in [-0.39, 0.29) is 11.2 Å². The van der Waals surface area contributed by atoms with Gasteiger partial charge in [-0.25, -0.2) is 0 Å². The maximum Gasteiger partial charge on any atom is 0.237 e. The molecule has 0 aromatic heterocycles. The Kier molecular flexibility index (Phi) is 8.03. The Morgan fingerprint density at radius 2 is 1.80 bits per heavy atom. The van der Waals surface area contributed by atoms with Crippen molar-refractivity contribution < 1.29 is 4.79 Å². The fourth-order valence-electron chi connectivity index (χ4n) is 2.91. The van der Waals surface area contributed by atoms with E-state index in [9.17, 15) is 4.79 Å². The standard InChI is InChI=1S/C19H29N3OS2/c1-4-21(5-2)19(24)25-15(3)18(23)20-16-9-11-17(12-10-16)22-13-7-6-8-14-22/h9-12,15H,4-8,13-14H2,1-3H3,(H,20,23)/t15-/m1/s1. The van der Waals surface area contributed by atoms with Gasteiger partial charge in [-0.05, 0) is 64.3 Å². The van der Waals surface area contributed by atoms with Crippen LogP contribution in [0, 0.1) is 0 Å². The predicted octanol–water partition coefficient (Wildman–Crippen LogP) is 4.36. The predicted molar refractivity (Wildman–Crippen MR) is 114 cm³/mol. The highest BCUT2D eigenvalue weighted by molar-refractivity contribution is 8.23. The fourth-order valence-corrected chi connectivity index (χ4v) is 4.48. The van der Waals surface area contributed by atoms with Gasteiger partial charge in [-0.15, -0.1) is 0 Å². The summed E-state index contributed by atoms with van der Waals surface area (Å²) in [6.45, 7) is 10.0. The first kappa shape index (κ1) is 20.0. The molecule has 0 aliphatic carbocycles. The van der Waals surface area contributed by atoms with Crippen molar-refractivity contribution in [2.45, 2.75) is 45.3 Å². The van der Waals surface area contributed by atoms with Crippen molar-refractivity contribution in [1.29, 1.82) is 0 Å². The number of benzene rings is 1. The Labute approximate surface area is 161 Å². The number of amides is 1. The molecule has 1 aromatic rings. The molecule has 0 bridgehead atoms. The second kappa shape index (κ2) is 10.0. The zero-order chi connectivity index (χ0) is 18.2. The normalized spacial score (nSPS) is 15.6. The number of carbonyl (C=O) groups excluding carboxylic acids is 1. The molecule has 1 fully saturated rings. The number of rotatable bonds is 6. The Morgan fingerprint density at radius 1 is 1.20 bits per heavy atom. The monoisotopic (exact) mass is 379 g/mol. The topological polar surface area (TPSA) is 35.6 Å². The number of hydrogen-bond donors (Lipinski definition) is 1. The van der Waals surface area contributed by atoms with Crippen LogP contribution in [0.3, 0.4) is 0 Å². The second-order valence-electron chi connectivity index (χ2n) is 6.28. The molecule has 0 saturated carbocycles. The van der Waals surface area contributed by atoms with Crippen molar-refractivity contribution in [3.63, 3.8) is 0 Å². The molecule has 1 atom stereocenters. The van der Waals surface area contributed by atoms with Crippen LogP contribution in [0.5, 0.6) is 0 Å². The average molecular weight is 380 g/mol. The maximum atomic E-state index is 12.4. The first-order valence-electron chi connectivity index (χ1n) is 9.16. The molecule has 0 radical (unpaired) electrons. The molecule has 2 rings (SSSR count). The van der Waals surface area contributed by atoms with E-state index in [0.717, 1.165) is 36.2 Å². The molecule has 0 unspecified atom stereocenters. The van der Waals surface area contributed by atoms with Gasteiger partial charge in [0.05, 0.1) is 5.25 Å². The summed E-state index contributed by atoms with van der Waals surface area (Å²) in [6, 6.07) is 8.17. The Hall–Kier alpha value is -1.27. The third-order valence-electron chi connectivity index (χ3n) is 4.52. The van der Waals surface area contributed by atoms with E-state index in [0.29, 0.717) is 0 Å². The number of nitrogens with zero attached hydrogens (tertiary/aromatic N) is 2. The van der Waals surface area contributed by atoms with Gasteiger partial charge < -0.3 is 15.1 Å². The van der Waals surface area contributed by atoms with Crippen LogP contribution >= 0.6 is 24.0 Å². The molecular formula is C19H29N3OS2. The highest BCUT2D eigenvalue weighted by Gasteiger charge is 2.18. The van der Waals surface area contributed by atoms with Gasteiger partial charge in [0, 0.05) is 37.6 Å². The van der Waals surface area contributed by atoms with Crippen LogP contribution in [0.1, 0.15) is 40.0 Å². The van der Waals surface area contributed by atoms with E-state index in [4.69, 9.17) is 12.2 Å². The molecule has 25 heavy (non-hydrogen) atoms. The molecule has 1 amide bonds. The molecule has 1 aliphatic heterocycles. The van der Waals surface area contributed by atoms with Gasteiger partial charge in [0.15, 0.2) is 0 Å². The zero-order valence-corrected chi connectivity index (χ0v) is 17.1. The van der Waals surface area contributed by atoms with Crippen molar-refractivity contribution in [2.75, 3.05) is 36.4 Å². The van der Waals surface area contributed by atoms with Gasteiger partial charge in [-0.1, -0.05) is 24.0 Å². The van der Waals surface area contributed by atoms with Crippen LogP contribution in [0.4, 0.5) is 11.4 Å². The lowest BCUT2D eigenvalue weighted by atomic mass is 10.1. The van der Waals surface area contributed by atoms with Crippen molar-refractivity contribution in [3.05, 3.63) is 24.3 Å². The van der Waals surface area contributed by atoms with Crippen molar-refractivity contribution in [2.24, 2.45) is 0 Å². The smallest absolute Gasteiger partial charge is 0.237 e. The van der Waals surface area contributed by atoms with Crippen molar-refractivity contribution in [1.82, 2.24) is 4.90 Å². The molecule has 1 heterocycles. The summed E-state index contributed by atoms with van der Waals surface area (Å²) in [7, 11) is 0. The third-order valence-corrected chi connectivity index (χ3v) is 6.10. The minimum atomic E-state index is -0.213. The molecular weight excluding hydrogens is 350 g/mol. The lowest BCUT2D eigenvalue weighted by molar-refractivity contribution is -0.115. The maximum absolute atomic E-state index is 12.4. The number of thiocarbonyl (C=S) groups is 1. The van der Waals surface area contributed by atoms with Crippen LogP contribution < -0.4 is 10.2 Å². The minimum Gasteiger partial charge on any atom is -0.372 e. The fraction of sp³-hybridized carbons (Fsp3) is 0.579. The van der Waals surface area contributed by atoms with Gasteiger partial charge in [0.2, 0.25) is 5.91 Å². The highest BCUT2D eigenvalue weighted by Crippen LogP contribution is 2.23. The minimum absolute atomic E-state index is 0.00905. The molecule has 6 heteroatoms. The number of nitrogens with one attached hydrogen (secondary N) is 1. The van der Waals surface area contributed by atoms with Crippen LogP contribution in [0.25, 0.3) is 0 Å². The van der Waals surface area contributed by atoms with Gasteiger partial charge >= 0.3 is 0 Å². The Balaban J connectivity index is 1.88. The van der Waals surface area contributed by atoms with Crippen LogP contribution in [0.15, 0.2) is 24.3 Å². The third kappa shape index (κ3) is 5.89. The Morgan fingerprint density at radius 3 is 2.36 bits per heavy atom. The molecule has 0 spiro atoms. The summed E-state index contributed by atoms with van der Waals surface area (Å²) in [6.07, 6.45) is 3.86. The molecule has 1 N–H and O–H groups in total. The van der Waals surface area contributed by atoms with E-state index in [1.54, 1.807) is 0 Å². The van der Waals surface area contributed by atoms with E-state index in [1.165, 1.54) is 36.7 Å². The molecule has 1 saturated heterocycles. The first-order chi connectivity index (χ1) is 12.0. The van der Waals surface area contributed by atoms with Gasteiger partial charge in [0.1, 0.15) is 4.32 Å². The van der Waals surface area contributed by atoms with Crippen LogP contribution in [0.2, 0.25) is 0 Å². The average Bonchev–Trinajstić information content (AvgIpc) is 2.64. The van der Waals surface area contributed by atoms with Crippen molar-refractivity contribution in [3.8, 4) is 0 Å². The first-order valence-corrected chi connectivity index (χ1v) is 10.4. The lowest BCUT2D eigenvalue weighted by Gasteiger charge is -2.29. The number of anilines is 2. The van der Waals surface area contributed by atoms with Gasteiger partial charge in [0.25, 0.3) is 0 Å². The van der Waals surface area contributed by atoms with E-state index in [2.05, 4.69) is 41.1 Å².